The molecule has 2 aromatic rings. The van der Waals surface area contributed by atoms with Gasteiger partial charge in [-0.2, -0.15) is 0 Å². The lowest BCUT2D eigenvalue weighted by atomic mass is 10.1. The van der Waals surface area contributed by atoms with Crippen LogP contribution in [0, 0.1) is 5.82 Å². The van der Waals surface area contributed by atoms with Gasteiger partial charge in [-0.1, -0.05) is 6.07 Å². The van der Waals surface area contributed by atoms with Crippen molar-refractivity contribution in [2.45, 2.75) is 20.1 Å². The molecule has 0 heterocycles. The van der Waals surface area contributed by atoms with Crippen LogP contribution in [-0.2, 0) is 13.2 Å². The molecule has 0 fully saturated rings. The van der Waals surface area contributed by atoms with E-state index in [1.165, 1.54) is 6.07 Å². The molecule has 152 valence electrons. The maximum Gasteiger partial charge on any atom is 0.203 e. The van der Waals surface area contributed by atoms with Gasteiger partial charge in [0.1, 0.15) is 5.82 Å². The average molecular weight is 391 g/mol. The van der Waals surface area contributed by atoms with Crippen LogP contribution in [0.15, 0.2) is 35.3 Å². The number of aliphatic hydroxyl groups excluding tert-OH is 1. The number of guanidine groups is 1. The number of ether oxygens (including phenoxy) is 3. The molecule has 0 aliphatic carbocycles. The molecule has 0 aromatic heterocycles. The standard InChI is InChI=1S/C20H26FN3O4/c1-5-22-20(23-11-13-6-7-16(21)14(8-13)12-25)24-15-9-17(26-2)19(28-4)18(10-15)27-3/h6-10,25H,5,11-12H2,1-4H3,(H2,22,23,24). The Hall–Kier alpha value is -3.00. The second-order valence-electron chi connectivity index (χ2n) is 5.82. The maximum absolute atomic E-state index is 13.5. The highest BCUT2D eigenvalue weighted by Crippen LogP contribution is 2.39. The minimum absolute atomic E-state index is 0.246. The van der Waals surface area contributed by atoms with Gasteiger partial charge in [0.05, 0.1) is 34.5 Å². The molecule has 0 bridgehead atoms. The van der Waals surface area contributed by atoms with Crippen LogP contribution >= 0.6 is 0 Å². The average Bonchev–Trinajstić information content (AvgIpc) is 2.72. The molecular weight excluding hydrogens is 365 g/mol. The molecule has 7 nitrogen and oxygen atoms in total. The van der Waals surface area contributed by atoms with E-state index in [9.17, 15) is 9.50 Å². The third kappa shape index (κ3) is 5.26. The Morgan fingerprint density at radius 1 is 1.07 bits per heavy atom. The van der Waals surface area contributed by atoms with Gasteiger partial charge in [-0.15, -0.1) is 0 Å². The highest BCUT2D eigenvalue weighted by molar-refractivity contribution is 5.94. The van der Waals surface area contributed by atoms with Crippen LogP contribution in [0.3, 0.4) is 0 Å². The van der Waals surface area contributed by atoms with Crippen molar-refractivity contribution >= 4 is 11.6 Å². The molecule has 0 saturated heterocycles. The van der Waals surface area contributed by atoms with Gasteiger partial charge in [0.15, 0.2) is 17.5 Å². The lowest BCUT2D eigenvalue weighted by Crippen LogP contribution is -2.30. The summed E-state index contributed by atoms with van der Waals surface area (Å²) in [4.78, 5) is 4.52. The number of benzene rings is 2. The van der Waals surface area contributed by atoms with Gasteiger partial charge in [-0.25, -0.2) is 9.38 Å². The first-order valence-corrected chi connectivity index (χ1v) is 8.79. The Morgan fingerprint density at radius 3 is 2.29 bits per heavy atom. The van der Waals surface area contributed by atoms with Crippen molar-refractivity contribution in [3.05, 3.63) is 47.3 Å². The monoisotopic (exact) mass is 391 g/mol. The topological polar surface area (TPSA) is 84.3 Å². The van der Waals surface area contributed by atoms with E-state index < -0.39 is 5.82 Å². The first-order chi connectivity index (χ1) is 13.6. The van der Waals surface area contributed by atoms with Gasteiger partial charge in [-0.3, -0.25) is 0 Å². The number of rotatable bonds is 8. The molecule has 0 atom stereocenters. The molecular formula is C20H26FN3O4. The number of aliphatic imine (C=N–C) groups is 1. The third-order valence-corrected chi connectivity index (χ3v) is 3.97. The molecule has 0 spiro atoms. The normalized spacial score (nSPS) is 11.1. The molecule has 2 rings (SSSR count). The summed E-state index contributed by atoms with van der Waals surface area (Å²) in [5.41, 5.74) is 1.73. The van der Waals surface area contributed by atoms with Gasteiger partial charge in [-0.05, 0) is 24.6 Å². The van der Waals surface area contributed by atoms with Crippen molar-refractivity contribution in [3.8, 4) is 17.2 Å². The first kappa shape index (κ1) is 21.3. The van der Waals surface area contributed by atoms with Gasteiger partial charge < -0.3 is 30.0 Å². The quantitative estimate of drug-likeness (QED) is 0.474. The van der Waals surface area contributed by atoms with Gasteiger partial charge in [0.2, 0.25) is 5.75 Å². The Balaban J connectivity index is 2.26. The number of nitrogens with zero attached hydrogens (tertiary/aromatic N) is 1. The molecule has 0 aliphatic rings. The SMILES string of the molecule is CCNC(=NCc1ccc(F)c(CO)c1)Nc1cc(OC)c(OC)c(OC)c1. The zero-order valence-electron chi connectivity index (χ0n) is 16.5. The van der Waals surface area contributed by atoms with E-state index in [1.807, 2.05) is 6.92 Å². The lowest BCUT2D eigenvalue weighted by molar-refractivity contribution is 0.275. The molecule has 0 amide bonds. The molecule has 0 aliphatic heterocycles. The second kappa shape index (κ2) is 10.4. The summed E-state index contributed by atoms with van der Waals surface area (Å²) in [6.45, 7) is 2.57. The summed E-state index contributed by atoms with van der Waals surface area (Å²) in [6.07, 6.45) is 0. The second-order valence-corrected chi connectivity index (χ2v) is 5.82. The Kier molecular flexibility index (Phi) is 7.88. The Labute approximate surface area is 164 Å². The van der Waals surface area contributed by atoms with E-state index in [0.29, 0.717) is 42.0 Å². The number of hydrogen-bond donors (Lipinski definition) is 3. The van der Waals surface area contributed by atoms with Gasteiger partial charge in [0.25, 0.3) is 0 Å². The fourth-order valence-electron chi connectivity index (χ4n) is 2.61. The van der Waals surface area contributed by atoms with Crippen molar-refractivity contribution in [3.63, 3.8) is 0 Å². The number of nitrogens with one attached hydrogen (secondary N) is 2. The van der Waals surface area contributed by atoms with E-state index in [0.717, 1.165) is 5.56 Å². The smallest absolute Gasteiger partial charge is 0.203 e. The summed E-state index contributed by atoms with van der Waals surface area (Å²) < 4.78 is 29.6. The predicted octanol–water partition coefficient (Wildman–Crippen LogP) is 2.92. The number of anilines is 1. The third-order valence-electron chi connectivity index (χ3n) is 3.97. The number of aliphatic hydroxyl groups is 1. The summed E-state index contributed by atoms with van der Waals surface area (Å²) in [5.74, 6) is 1.64. The van der Waals surface area contributed by atoms with Crippen LogP contribution in [0.2, 0.25) is 0 Å². The summed E-state index contributed by atoms with van der Waals surface area (Å²) in [7, 11) is 4.64. The lowest BCUT2D eigenvalue weighted by Gasteiger charge is -2.16. The van der Waals surface area contributed by atoms with Crippen molar-refractivity contribution < 1.29 is 23.7 Å². The molecule has 0 saturated carbocycles. The zero-order chi connectivity index (χ0) is 20.5. The van der Waals surface area contributed by atoms with E-state index in [-0.39, 0.29) is 12.2 Å². The van der Waals surface area contributed by atoms with E-state index in [1.54, 1.807) is 45.6 Å². The van der Waals surface area contributed by atoms with Crippen molar-refractivity contribution in [2.75, 3.05) is 33.2 Å². The fraction of sp³-hybridized carbons (Fsp3) is 0.350. The van der Waals surface area contributed by atoms with Crippen LogP contribution in [0.25, 0.3) is 0 Å². The largest absolute Gasteiger partial charge is 0.493 e. The maximum atomic E-state index is 13.5. The fourth-order valence-corrected chi connectivity index (χ4v) is 2.61. The van der Waals surface area contributed by atoms with Crippen molar-refractivity contribution in [1.29, 1.82) is 0 Å². The van der Waals surface area contributed by atoms with Gasteiger partial charge >= 0.3 is 0 Å². The highest BCUT2D eigenvalue weighted by Gasteiger charge is 2.14. The molecule has 3 N–H and O–H groups in total. The zero-order valence-corrected chi connectivity index (χ0v) is 16.5. The Morgan fingerprint density at radius 2 is 1.75 bits per heavy atom. The van der Waals surface area contributed by atoms with Crippen LogP contribution in [-0.4, -0.2) is 38.9 Å². The van der Waals surface area contributed by atoms with Crippen molar-refractivity contribution in [2.24, 2.45) is 4.99 Å². The molecule has 2 aromatic carbocycles. The predicted molar refractivity (Wildman–Crippen MR) is 107 cm³/mol. The summed E-state index contributed by atoms with van der Waals surface area (Å²) in [5, 5.41) is 15.5. The molecule has 8 heteroatoms. The first-order valence-electron chi connectivity index (χ1n) is 8.79. The van der Waals surface area contributed by atoms with E-state index >= 15 is 0 Å². The van der Waals surface area contributed by atoms with Gasteiger partial charge in [0, 0.05) is 29.9 Å². The highest BCUT2D eigenvalue weighted by atomic mass is 19.1. The molecule has 0 unspecified atom stereocenters. The number of hydrogen-bond acceptors (Lipinski definition) is 5. The van der Waals surface area contributed by atoms with Crippen molar-refractivity contribution in [1.82, 2.24) is 5.32 Å². The van der Waals surface area contributed by atoms with Crippen LogP contribution in [0.4, 0.5) is 10.1 Å². The summed E-state index contributed by atoms with van der Waals surface area (Å²) in [6, 6.07) is 8.12. The number of halogens is 1. The molecule has 28 heavy (non-hydrogen) atoms. The van der Waals surface area contributed by atoms with Crippen LogP contribution in [0.5, 0.6) is 17.2 Å². The number of methoxy groups -OCH3 is 3. The molecule has 0 radical (unpaired) electrons. The minimum Gasteiger partial charge on any atom is -0.493 e. The van der Waals surface area contributed by atoms with E-state index in [4.69, 9.17) is 14.2 Å². The minimum atomic E-state index is -0.433. The van der Waals surface area contributed by atoms with Crippen LogP contribution < -0.4 is 24.8 Å². The van der Waals surface area contributed by atoms with E-state index in [2.05, 4.69) is 15.6 Å². The van der Waals surface area contributed by atoms with Crippen LogP contribution in [0.1, 0.15) is 18.1 Å². The summed E-state index contributed by atoms with van der Waals surface area (Å²) >= 11 is 0. The Bertz CT molecular complexity index is 802.